The number of rotatable bonds is 9. The lowest BCUT2D eigenvalue weighted by Crippen LogP contribution is -2.48. The molecule has 1 aliphatic heterocycles. The third kappa shape index (κ3) is 9.95. The summed E-state index contributed by atoms with van der Waals surface area (Å²) in [6.07, 6.45) is -2.93. The first-order chi connectivity index (χ1) is 20.4. The van der Waals surface area contributed by atoms with E-state index in [1.165, 1.54) is 55.6 Å². The summed E-state index contributed by atoms with van der Waals surface area (Å²) in [6.45, 7) is -0.627. The van der Waals surface area contributed by atoms with Gasteiger partial charge < -0.3 is 29.7 Å². The Hall–Kier alpha value is -5.81. The molecule has 0 radical (unpaired) electrons. The van der Waals surface area contributed by atoms with E-state index in [4.69, 9.17) is 14.6 Å². The van der Waals surface area contributed by atoms with Crippen molar-refractivity contribution >= 4 is 41.5 Å². The minimum Gasteiger partial charge on any atom is -0.465 e. The molecular formula is C25H27N7O11. The topological polar surface area (TPSA) is 236 Å². The van der Waals surface area contributed by atoms with Gasteiger partial charge in [0, 0.05) is 50.4 Å². The molecule has 0 bridgehead atoms. The van der Waals surface area contributed by atoms with E-state index in [0.29, 0.717) is 17.5 Å². The Bertz CT molecular complexity index is 1400. The largest absolute Gasteiger partial charge is 0.465 e. The number of hydrogen-bond donors (Lipinski definition) is 3. The number of nitrogens with one attached hydrogen (secondary N) is 2. The second kappa shape index (κ2) is 14.7. The number of carbonyl (C=O) groups excluding carboxylic acids is 3. The first-order valence-corrected chi connectivity index (χ1v) is 12.6. The fourth-order valence-electron chi connectivity index (χ4n) is 3.79. The van der Waals surface area contributed by atoms with Gasteiger partial charge in [-0.15, -0.1) is 4.99 Å². The molecule has 2 aromatic carbocycles. The predicted molar refractivity (Wildman–Crippen MR) is 146 cm³/mol. The smallest absolute Gasteiger partial charge is 0.437 e. The molecular weight excluding hydrogens is 574 g/mol. The number of non-ortho nitro benzene ring substituents is 2. The molecule has 3 rings (SSSR count). The molecule has 2 aromatic rings. The van der Waals surface area contributed by atoms with Crippen molar-refractivity contribution in [2.45, 2.75) is 25.7 Å². The molecule has 18 heteroatoms. The number of benzene rings is 2. The molecule has 43 heavy (non-hydrogen) atoms. The molecule has 0 unspecified atom stereocenters. The van der Waals surface area contributed by atoms with Crippen LogP contribution in [0.3, 0.4) is 0 Å². The molecule has 228 valence electrons. The summed E-state index contributed by atoms with van der Waals surface area (Å²) in [5.41, 5.74) is 0.551. The van der Waals surface area contributed by atoms with E-state index in [9.17, 15) is 39.4 Å². The highest BCUT2D eigenvalue weighted by Crippen LogP contribution is 2.14. The molecule has 18 nitrogen and oxygen atoms in total. The zero-order valence-corrected chi connectivity index (χ0v) is 22.7. The maximum atomic E-state index is 12.6. The van der Waals surface area contributed by atoms with E-state index in [-0.39, 0.29) is 37.7 Å². The lowest BCUT2D eigenvalue weighted by Gasteiger charge is -2.22. The van der Waals surface area contributed by atoms with Gasteiger partial charge in [-0.2, -0.15) is 0 Å². The summed E-state index contributed by atoms with van der Waals surface area (Å²) >= 11 is 0. The third-order valence-electron chi connectivity index (χ3n) is 6.00. The predicted octanol–water partition coefficient (Wildman–Crippen LogP) is 2.22. The number of guanidine groups is 1. The van der Waals surface area contributed by atoms with E-state index in [2.05, 4.69) is 15.6 Å². The summed E-state index contributed by atoms with van der Waals surface area (Å²) in [6, 6.07) is 10.0. The first-order valence-electron chi connectivity index (χ1n) is 12.6. The van der Waals surface area contributed by atoms with Gasteiger partial charge in [-0.1, -0.05) is 0 Å². The van der Waals surface area contributed by atoms with Crippen LogP contribution < -0.4 is 10.6 Å². The summed E-state index contributed by atoms with van der Waals surface area (Å²) < 4.78 is 10.2. The number of likely N-dealkylation sites (N-methyl/N-ethyl adjacent to an activating group) is 1. The number of aliphatic imine (C=N–C) groups is 1. The van der Waals surface area contributed by atoms with Crippen molar-refractivity contribution in [3.05, 3.63) is 79.9 Å². The minimum atomic E-state index is -1.16. The van der Waals surface area contributed by atoms with Gasteiger partial charge in [0.2, 0.25) is 11.9 Å². The summed E-state index contributed by atoms with van der Waals surface area (Å²) in [7, 11) is 1.34. The van der Waals surface area contributed by atoms with Gasteiger partial charge >= 0.3 is 18.3 Å². The Balaban J connectivity index is 1.64. The highest BCUT2D eigenvalue weighted by molar-refractivity contribution is 6.00. The molecule has 1 heterocycles. The highest BCUT2D eigenvalue weighted by Gasteiger charge is 2.27. The molecule has 3 N–H and O–H groups in total. The van der Waals surface area contributed by atoms with Crippen molar-refractivity contribution in [3.63, 3.8) is 0 Å². The van der Waals surface area contributed by atoms with Gasteiger partial charge in [0.05, 0.1) is 16.4 Å². The van der Waals surface area contributed by atoms with Crippen LogP contribution in [0.2, 0.25) is 0 Å². The Labute approximate surface area is 243 Å². The number of hydrogen-bond acceptors (Lipinski definition) is 10. The normalized spacial score (nSPS) is 14.4. The number of amides is 4. The molecule has 0 saturated carbocycles. The Morgan fingerprint density at radius 1 is 0.977 bits per heavy atom. The fourth-order valence-corrected chi connectivity index (χ4v) is 3.79. The zero-order chi connectivity index (χ0) is 31.5. The van der Waals surface area contributed by atoms with Gasteiger partial charge in [-0.05, 0) is 41.8 Å². The Morgan fingerprint density at radius 3 is 2.00 bits per heavy atom. The lowest BCUT2D eigenvalue weighted by molar-refractivity contribution is -0.385. The number of carbonyl (C=O) groups is 4. The minimum absolute atomic E-state index is 0.105. The average molecular weight is 602 g/mol. The molecule has 0 spiro atoms. The van der Waals surface area contributed by atoms with Crippen molar-refractivity contribution in [1.29, 1.82) is 0 Å². The van der Waals surface area contributed by atoms with Crippen molar-refractivity contribution in [2.75, 3.05) is 26.7 Å². The number of nitrogens with zero attached hydrogens (tertiary/aromatic N) is 5. The number of alkyl carbamates (subject to hydrolysis) is 1. The SMILES string of the molecule is CN(CC(=O)N[C@H]1CCN(C(=O)O)C1)/C(=N/C(=O)OCc1ccc([N+](=O)[O-])cc1)NC(=O)OCc1ccc([N+](=O)[O-])cc1. The van der Waals surface area contributed by atoms with Crippen LogP contribution in [0.5, 0.6) is 0 Å². The summed E-state index contributed by atoms with van der Waals surface area (Å²) in [5.74, 6) is -0.969. The van der Waals surface area contributed by atoms with Crippen molar-refractivity contribution in [3.8, 4) is 0 Å². The summed E-state index contributed by atoms with van der Waals surface area (Å²) in [4.78, 5) is 75.1. The number of likely N-dealkylation sites (tertiary alicyclic amines) is 1. The molecule has 1 fully saturated rings. The fraction of sp³-hybridized carbons (Fsp3) is 0.320. The van der Waals surface area contributed by atoms with Crippen molar-refractivity contribution < 1.29 is 43.6 Å². The van der Waals surface area contributed by atoms with E-state index >= 15 is 0 Å². The quantitative estimate of drug-likeness (QED) is 0.162. The van der Waals surface area contributed by atoms with E-state index in [0.717, 1.165) is 9.80 Å². The monoisotopic (exact) mass is 601 g/mol. The van der Waals surface area contributed by atoms with Crippen LogP contribution >= 0.6 is 0 Å². The van der Waals surface area contributed by atoms with Crippen LogP contribution in [-0.2, 0) is 27.5 Å². The van der Waals surface area contributed by atoms with E-state index in [1.54, 1.807) is 0 Å². The van der Waals surface area contributed by atoms with Crippen LogP contribution in [0.15, 0.2) is 53.5 Å². The third-order valence-corrected chi connectivity index (χ3v) is 6.00. The average Bonchev–Trinajstić information content (AvgIpc) is 3.43. The van der Waals surface area contributed by atoms with E-state index < -0.39 is 52.6 Å². The Kier molecular flexibility index (Phi) is 10.9. The standard InChI is InChI=1S/C25H27N7O11/c1-29(13-21(33)26-18-10-11-30(12-18)25(36)37)22(27-23(34)42-14-16-2-6-19(7-3-16)31(38)39)28-24(35)43-15-17-4-8-20(9-5-17)32(40)41/h2-9,18H,10-15H2,1H3,(H,26,33)(H,36,37)(H,27,28,34,35)/t18-/m0/s1. The maximum Gasteiger partial charge on any atom is 0.437 e. The molecule has 1 atom stereocenters. The molecule has 0 aliphatic carbocycles. The lowest BCUT2D eigenvalue weighted by atomic mass is 10.2. The van der Waals surface area contributed by atoms with Crippen molar-refractivity contribution in [1.82, 2.24) is 20.4 Å². The molecule has 1 aliphatic rings. The van der Waals surface area contributed by atoms with Crippen LogP contribution in [0.1, 0.15) is 17.5 Å². The van der Waals surface area contributed by atoms with Gasteiger partial charge in [0.25, 0.3) is 11.4 Å². The van der Waals surface area contributed by atoms with Crippen LogP contribution in [0.25, 0.3) is 0 Å². The summed E-state index contributed by atoms with van der Waals surface area (Å²) in [5, 5.41) is 35.6. The number of carboxylic acid groups (broad SMARTS) is 1. The maximum absolute atomic E-state index is 12.6. The molecule has 0 aromatic heterocycles. The second-order valence-electron chi connectivity index (χ2n) is 9.18. The van der Waals surface area contributed by atoms with Gasteiger partial charge in [-0.25, -0.2) is 14.4 Å². The van der Waals surface area contributed by atoms with E-state index in [1.807, 2.05) is 0 Å². The van der Waals surface area contributed by atoms with Crippen LogP contribution in [-0.4, -0.2) is 87.6 Å². The number of nitro benzene ring substituents is 2. The Morgan fingerprint density at radius 2 is 1.51 bits per heavy atom. The van der Waals surface area contributed by atoms with Gasteiger partial charge in [0.15, 0.2) is 0 Å². The number of nitro groups is 2. The van der Waals surface area contributed by atoms with Crippen LogP contribution in [0.4, 0.5) is 25.8 Å². The molecule has 1 saturated heterocycles. The highest BCUT2D eigenvalue weighted by atomic mass is 16.6. The molecule has 4 amide bonds. The first kappa shape index (κ1) is 31.7. The van der Waals surface area contributed by atoms with Crippen LogP contribution in [0, 0.1) is 20.2 Å². The number of ether oxygens (including phenoxy) is 2. The zero-order valence-electron chi connectivity index (χ0n) is 22.7. The van der Waals surface area contributed by atoms with Gasteiger partial charge in [0.1, 0.15) is 13.2 Å². The second-order valence-corrected chi connectivity index (χ2v) is 9.18. The van der Waals surface area contributed by atoms with Crippen molar-refractivity contribution in [2.24, 2.45) is 4.99 Å². The van der Waals surface area contributed by atoms with Gasteiger partial charge in [-0.3, -0.25) is 30.3 Å².